The van der Waals surface area contributed by atoms with Crippen molar-refractivity contribution < 1.29 is 0 Å². The first-order valence-electron chi connectivity index (χ1n) is 6.47. The highest BCUT2D eigenvalue weighted by molar-refractivity contribution is 5.99. The fraction of sp³-hybridized carbons (Fsp3) is 0.222. The van der Waals surface area contributed by atoms with E-state index in [1.165, 1.54) is 33.0 Å². The summed E-state index contributed by atoms with van der Waals surface area (Å²) in [4.78, 5) is 0. The molecule has 0 saturated heterocycles. The molecular weight excluding hydrogens is 216 g/mol. The van der Waals surface area contributed by atoms with Crippen LogP contribution in [-0.2, 0) is 0 Å². The van der Waals surface area contributed by atoms with Crippen LogP contribution in [0.3, 0.4) is 0 Å². The van der Waals surface area contributed by atoms with E-state index in [9.17, 15) is 0 Å². The van der Waals surface area contributed by atoms with Crippen molar-refractivity contribution in [3.8, 4) is 0 Å². The second-order valence-electron chi connectivity index (χ2n) is 4.69. The number of allylic oxidation sites excluding steroid dienone is 2. The number of rotatable bonds is 2. The molecule has 0 aliphatic carbocycles. The average Bonchev–Trinajstić information content (AvgIpc) is 2.36. The molecule has 92 valence electrons. The van der Waals surface area contributed by atoms with E-state index >= 15 is 0 Å². The molecule has 0 amide bonds. The fourth-order valence-electron chi connectivity index (χ4n) is 2.44. The molecule has 0 radical (unpaired) electrons. The highest BCUT2D eigenvalue weighted by Crippen LogP contribution is 2.30. The predicted molar refractivity (Wildman–Crippen MR) is 82.8 cm³/mol. The Kier molecular flexibility index (Phi) is 3.66. The Bertz CT molecular complexity index is 575. The molecule has 2 aromatic carbocycles. The second-order valence-corrected chi connectivity index (χ2v) is 4.69. The van der Waals surface area contributed by atoms with Gasteiger partial charge in [0.2, 0.25) is 0 Å². The molecule has 0 heteroatoms. The van der Waals surface area contributed by atoms with Crippen LogP contribution in [0.5, 0.6) is 0 Å². The zero-order valence-electron chi connectivity index (χ0n) is 11.6. The number of hydrogen-bond acceptors (Lipinski definition) is 0. The molecule has 0 nitrogen and oxygen atoms in total. The van der Waals surface area contributed by atoms with Gasteiger partial charge in [0, 0.05) is 0 Å². The summed E-state index contributed by atoms with van der Waals surface area (Å²) >= 11 is 0. The molecule has 18 heavy (non-hydrogen) atoms. The van der Waals surface area contributed by atoms with E-state index in [4.69, 9.17) is 0 Å². The number of aryl methyl sites for hydroxylation is 2. The minimum absolute atomic E-state index is 1.31. The summed E-state index contributed by atoms with van der Waals surface area (Å²) < 4.78 is 0. The van der Waals surface area contributed by atoms with Gasteiger partial charge in [-0.05, 0) is 60.7 Å². The van der Waals surface area contributed by atoms with Gasteiger partial charge in [0.15, 0.2) is 0 Å². The maximum atomic E-state index is 2.21. The summed E-state index contributed by atoms with van der Waals surface area (Å²) in [7, 11) is 0. The topological polar surface area (TPSA) is 0 Å². The van der Waals surface area contributed by atoms with Crippen molar-refractivity contribution in [2.45, 2.75) is 27.7 Å². The molecular formula is C18H20. The second kappa shape index (κ2) is 5.22. The molecule has 2 rings (SSSR count). The highest BCUT2D eigenvalue weighted by atomic mass is 14.1. The molecule has 2 aromatic rings. The third-order valence-electron chi connectivity index (χ3n) is 3.37. The fourth-order valence-corrected chi connectivity index (χ4v) is 2.44. The maximum absolute atomic E-state index is 2.21. The van der Waals surface area contributed by atoms with Crippen molar-refractivity contribution in [2.24, 2.45) is 0 Å². The number of benzene rings is 2. The van der Waals surface area contributed by atoms with Gasteiger partial charge in [0.25, 0.3) is 0 Å². The van der Waals surface area contributed by atoms with Crippen LogP contribution in [0.1, 0.15) is 36.1 Å². The standard InChI is InChI=1S/C18H20/c1-5-7-16-13(3)9-11-15-12-10-14(4)17(8-6-2)18(15)16/h5-12H,1-4H3/b7-5-,8-6-. The van der Waals surface area contributed by atoms with Crippen molar-refractivity contribution in [1.29, 1.82) is 0 Å². The summed E-state index contributed by atoms with van der Waals surface area (Å²) in [6.07, 6.45) is 8.65. The van der Waals surface area contributed by atoms with E-state index < -0.39 is 0 Å². The Morgan fingerprint density at radius 2 is 1.17 bits per heavy atom. The molecule has 0 aliphatic rings. The summed E-state index contributed by atoms with van der Waals surface area (Å²) in [6.45, 7) is 8.50. The van der Waals surface area contributed by atoms with Crippen LogP contribution in [-0.4, -0.2) is 0 Å². The van der Waals surface area contributed by atoms with Gasteiger partial charge in [-0.25, -0.2) is 0 Å². The minimum atomic E-state index is 1.31. The van der Waals surface area contributed by atoms with E-state index in [1.807, 2.05) is 0 Å². The Morgan fingerprint density at radius 3 is 1.56 bits per heavy atom. The first-order chi connectivity index (χ1) is 8.69. The largest absolute Gasteiger partial charge is 0.0870 e. The Morgan fingerprint density at radius 1 is 0.722 bits per heavy atom. The number of hydrogen-bond donors (Lipinski definition) is 0. The van der Waals surface area contributed by atoms with Crippen molar-refractivity contribution in [3.05, 3.63) is 58.7 Å². The number of fused-ring (bicyclic) bond motifs is 1. The molecule has 0 heterocycles. The van der Waals surface area contributed by atoms with Crippen LogP contribution < -0.4 is 0 Å². The van der Waals surface area contributed by atoms with Gasteiger partial charge in [0.1, 0.15) is 0 Å². The monoisotopic (exact) mass is 236 g/mol. The average molecular weight is 236 g/mol. The van der Waals surface area contributed by atoms with E-state index in [-0.39, 0.29) is 0 Å². The van der Waals surface area contributed by atoms with Crippen molar-refractivity contribution in [2.75, 3.05) is 0 Å². The van der Waals surface area contributed by atoms with Gasteiger partial charge < -0.3 is 0 Å². The van der Waals surface area contributed by atoms with Crippen LogP contribution in [0.2, 0.25) is 0 Å². The van der Waals surface area contributed by atoms with Gasteiger partial charge in [-0.15, -0.1) is 0 Å². The Labute approximate surface area is 110 Å². The molecule has 0 fully saturated rings. The molecule has 0 aliphatic heterocycles. The molecule has 0 bridgehead atoms. The Hall–Kier alpha value is -1.82. The van der Waals surface area contributed by atoms with Crippen LogP contribution in [0.25, 0.3) is 22.9 Å². The molecule has 0 N–H and O–H groups in total. The van der Waals surface area contributed by atoms with Crippen LogP contribution in [0.15, 0.2) is 36.4 Å². The van der Waals surface area contributed by atoms with Crippen LogP contribution in [0, 0.1) is 13.8 Å². The summed E-state index contributed by atoms with van der Waals surface area (Å²) in [6, 6.07) is 8.83. The van der Waals surface area contributed by atoms with Crippen molar-refractivity contribution in [1.82, 2.24) is 0 Å². The molecule has 0 atom stereocenters. The molecule has 0 saturated carbocycles. The predicted octanol–water partition coefficient (Wildman–Crippen LogP) is 5.52. The van der Waals surface area contributed by atoms with Crippen LogP contribution in [0.4, 0.5) is 0 Å². The van der Waals surface area contributed by atoms with Crippen LogP contribution >= 0.6 is 0 Å². The summed E-state index contributed by atoms with van der Waals surface area (Å²) in [5.74, 6) is 0. The summed E-state index contributed by atoms with van der Waals surface area (Å²) in [5.41, 5.74) is 5.34. The first-order valence-corrected chi connectivity index (χ1v) is 6.47. The lowest BCUT2D eigenvalue weighted by Crippen LogP contribution is -1.90. The zero-order valence-corrected chi connectivity index (χ0v) is 11.6. The SMILES string of the molecule is C/C=C\c1c(C)ccc2ccc(C)c(/C=C\C)c12. The van der Waals surface area contributed by atoms with E-state index in [1.54, 1.807) is 0 Å². The maximum Gasteiger partial charge on any atom is -0.00338 e. The van der Waals surface area contributed by atoms with Gasteiger partial charge in [0.05, 0.1) is 0 Å². The van der Waals surface area contributed by atoms with Gasteiger partial charge >= 0.3 is 0 Å². The lowest BCUT2D eigenvalue weighted by atomic mass is 9.92. The molecule has 0 unspecified atom stereocenters. The zero-order chi connectivity index (χ0) is 13.1. The lowest BCUT2D eigenvalue weighted by molar-refractivity contribution is 1.43. The Balaban J connectivity index is 2.96. The van der Waals surface area contributed by atoms with E-state index in [0.717, 1.165) is 0 Å². The normalized spacial score (nSPS) is 12.0. The molecule has 0 spiro atoms. The first kappa shape index (κ1) is 12.6. The summed E-state index contributed by atoms with van der Waals surface area (Å²) in [5, 5.41) is 2.68. The van der Waals surface area contributed by atoms with Gasteiger partial charge in [-0.3, -0.25) is 0 Å². The highest BCUT2D eigenvalue weighted by Gasteiger charge is 2.07. The smallest absolute Gasteiger partial charge is 0.00338 e. The van der Waals surface area contributed by atoms with Crippen molar-refractivity contribution in [3.63, 3.8) is 0 Å². The quantitative estimate of drug-likeness (QED) is 0.643. The molecule has 0 aromatic heterocycles. The van der Waals surface area contributed by atoms with Gasteiger partial charge in [-0.1, -0.05) is 48.6 Å². The van der Waals surface area contributed by atoms with Crippen molar-refractivity contribution >= 4 is 22.9 Å². The van der Waals surface area contributed by atoms with E-state index in [2.05, 4.69) is 76.3 Å². The lowest BCUT2D eigenvalue weighted by Gasteiger charge is -2.12. The van der Waals surface area contributed by atoms with E-state index in [0.29, 0.717) is 0 Å². The third-order valence-corrected chi connectivity index (χ3v) is 3.37. The third kappa shape index (κ3) is 2.11. The van der Waals surface area contributed by atoms with Gasteiger partial charge in [-0.2, -0.15) is 0 Å². The minimum Gasteiger partial charge on any atom is -0.0870 e.